The zero-order valence-electron chi connectivity index (χ0n) is 10.6. The molecule has 1 saturated heterocycles. The van der Waals surface area contributed by atoms with E-state index in [9.17, 15) is 8.42 Å². The molecule has 5 nitrogen and oxygen atoms in total. The SMILES string of the molecule is CNCc1cccc(N2CCCS(=O)(=O)CC2)n1. The second-order valence-corrected chi connectivity index (χ2v) is 6.81. The standard InChI is InChI=1S/C12H19N3O2S/c1-13-10-11-4-2-5-12(14-11)15-6-3-8-18(16,17)9-7-15/h2,4-5,13H,3,6-10H2,1H3. The Morgan fingerprint density at radius 1 is 1.33 bits per heavy atom. The van der Waals surface area contributed by atoms with Crippen molar-refractivity contribution in [1.82, 2.24) is 10.3 Å². The van der Waals surface area contributed by atoms with Crippen LogP contribution in [0, 0.1) is 0 Å². The molecule has 2 rings (SSSR count). The van der Waals surface area contributed by atoms with E-state index in [4.69, 9.17) is 0 Å². The third-order valence-electron chi connectivity index (χ3n) is 3.03. The topological polar surface area (TPSA) is 62.3 Å². The smallest absolute Gasteiger partial charge is 0.152 e. The van der Waals surface area contributed by atoms with Gasteiger partial charge in [0.05, 0.1) is 17.2 Å². The molecule has 1 fully saturated rings. The third-order valence-corrected chi connectivity index (χ3v) is 4.74. The van der Waals surface area contributed by atoms with Crippen molar-refractivity contribution in [2.24, 2.45) is 0 Å². The molecule has 1 aromatic heterocycles. The van der Waals surface area contributed by atoms with E-state index in [1.807, 2.05) is 25.2 Å². The number of aromatic nitrogens is 1. The fourth-order valence-electron chi connectivity index (χ4n) is 2.09. The number of hydrogen-bond acceptors (Lipinski definition) is 5. The van der Waals surface area contributed by atoms with E-state index in [0.29, 0.717) is 18.7 Å². The monoisotopic (exact) mass is 269 g/mol. The molecule has 0 bridgehead atoms. The first-order valence-electron chi connectivity index (χ1n) is 6.17. The quantitative estimate of drug-likeness (QED) is 0.862. The molecule has 0 radical (unpaired) electrons. The first-order valence-corrected chi connectivity index (χ1v) is 7.99. The van der Waals surface area contributed by atoms with Crippen molar-refractivity contribution in [3.8, 4) is 0 Å². The Bertz CT molecular complexity index is 502. The first kappa shape index (κ1) is 13.3. The van der Waals surface area contributed by atoms with Crippen molar-refractivity contribution in [2.45, 2.75) is 13.0 Å². The van der Waals surface area contributed by atoms with Crippen LogP contribution in [0.2, 0.25) is 0 Å². The van der Waals surface area contributed by atoms with Crippen LogP contribution in [0.3, 0.4) is 0 Å². The van der Waals surface area contributed by atoms with Crippen LogP contribution >= 0.6 is 0 Å². The summed E-state index contributed by atoms with van der Waals surface area (Å²) in [6.07, 6.45) is 0.681. The van der Waals surface area contributed by atoms with Crippen LogP contribution in [0.15, 0.2) is 18.2 Å². The van der Waals surface area contributed by atoms with Crippen LogP contribution in [0.5, 0.6) is 0 Å². The summed E-state index contributed by atoms with van der Waals surface area (Å²) in [6.45, 7) is 2.02. The molecule has 1 aromatic rings. The summed E-state index contributed by atoms with van der Waals surface area (Å²) >= 11 is 0. The van der Waals surface area contributed by atoms with Crippen LogP contribution < -0.4 is 10.2 Å². The minimum Gasteiger partial charge on any atom is -0.356 e. The number of rotatable bonds is 3. The number of nitrogens with zero attached hydrogens (tertiary/aromatic N) is 2. The van der Waals surface area contributed by atoms with E-state index in [0.717, 1.165) is 24.6 Å². The van der Waals surface area contributed by atoms with Gasteiger partial charge in [-0.3, -0.25) is 0 Å². The fraction of sp³-hybridized carbons (Fsp3) is 0.583. The second kappa shape index (κ2) is 5.67. The Morgan fingerprint density at radius 3 is 2.94 bits per heavy atom. The van der Waals surface area contributed by atoms with E-state index in [-0.39, 0.29) is 5.75 Å². The molecule has 1 aliphatic heterocycles. The highest BCUT2D eigenvalue weighted by Crippen LogP contribution is 2.15. The molecule has 0 aromatic carbocycles. The summed E-state index contributed by atoms with van der Waals surface area (Å²) in [5, 5.41) is 3.06. The Morgan fingerprint density at radius 2 is 2.17 bits per heavy atom. The maximum Gasteiger partial charge on any atom is 0.152 e. The van der Waals surface area contributed by atoms with Crippen LogP contribution in [-0.4, -0.2) is 45.0 Å². The van der Waals surface area contributed by atoms with Gasteiger partial charge in [-0.25, -0.2) is 13.4 Å². The molecule has 0 amide bonds. The van der Waals surface area contributed by atoms with Gasteiger partial charge in [0, 0.05) is 19.6 Å². The highest BCUT2D eigenvalue weighted by atomic mass is 32.2. The molecule has 1 N–H and O–H groups in total. The number of hydrogen-bond donors (Lipinski definition) is 1. The summed E-state index contributed by atoms with van der Waals surface area (Å²) in [7, 11) is -0.980. The van der Waals surface area contributed by atoms with Crippen molar-refractivity contribution < 1.29 is 8.42 Å². The van der Waals surface area contributed by atoms with Gasteiger partial charge in [0.15, 0.2) is 9.84 Å². The highest BCUT2D eigenvalue weighted by Gasteiger charge is 2.19. The van der Waals surface area contributed by atoms with Gasteiger partial charge in [-0.05, 0) is 25.6 Å². The van der Waals surface area contributed by atoms with Crippen molar-refractivity contribution in [1.29, 1.82) is 0 Å². The lowest BCUT2D eigenvalue weighted by atomic mass is 10.3. The first-order chi connectivity index (χ1) is 8.61. The predicted molar refractivity (Wildman–Crippen MR) is 72.5 cm³/mol. The molecule has 0 aliphatic carbocycles. The van der Waals surface area contributed by atoms with Gasteiger partial charge in [-0.1, -0.05) is 6.07 Å². The molecule has 0 spiro atoms. The van der Waals surface area contributed by atoms with Gasteiger partial charge in [-0.2, -0.15) is 0 Å². The highest BCUT2D eigenvalue weighted by molar-refractivity contribution is 7.91. The van der Waals surface area contributed by atoms with Crippen molar-refractivity contribution in [2.75, 3.05) is 36.5 Å². The second-order valence-electron chi connectivity index (χ2n) is 4.51. The van der Waals surface area contributed by atoms with Gasteiger partial charge < -0.3 is 10.2 Å². The summed E-state index contributed by atoms with van der Waals surface area (Å²) in [4.78, 5) is 6.60. The molecule has 0 unspecified atom stereocenters. The lowest BCUT2D eigenvalue weighted by Gasteiger charge is -2.21. The van der Waals surface area contributed by atoms with Crippen LogP contribution in [0.1, 0.15) is 12.1 Å². The number of pyridine rings is 1. The molecule has 0 atom stereocenters. The largest absolute Gasteiger partial charge is 0.356 e. The lowest BCUT2D eigenvalue weighted by Crippen LogP contribution is -2.27. The average molecular weight is 269 g/mol. The van der Waals surface area contributed by atoms with Crippen LogP contribution in [-0.2, 0) is 16.4 Å². The van der Waals surface area contributed by atoms with E-state index in [1.54, 1.807) is 0 Å². The maximum atomic E-state index is 11.6. The van der Waals surface area contributed by atoms with Gasteiger partial charge in [0.1, 0.15) is 5.82 Å². The molecule has 6 heteroatoms. The van der Waals surface area contributed by atoms with Gasteiger partial charge >= 0.3 is 0 Å². The summed E-state index contributed by atoms with van der Waals surface area (Å²) in [5.41, 5.74) is 0.974. The van der Waals surface area contributed by atoms with Crippen LogP contribution in [0.25, 0.3) is 0 Å². The number of nitrogens with one attached hydrogen (secondary N) is 1. The average Bonchev–Trinajstić information content (AvgIpc) is 2.51. The van der Waals surface area contributed by atoms with Crippen molar-refractivity contribution in [3.05, 3.63) is 23.9 Å². The van der Waals surface area contributed by atoms with Crippen LogP contribution in [0.4, 0.5) is 5.82 Å². The lowest BCUT2D eigenvalue weighted by molar-refractivity contribution is 0.597. The Kier molecular flexibility index (Phi) is 4.19. The van der Waals surface area contributed by atoms with E-state index in [2.05, 4.69) is 15.2 Å². The van der Waals surface area contributed by atoms with Gasteiger partial charge in [0.2, 0.25) is 0 Å². The molecule has 18 heavy (non-hydrogen) atoms. The molecular formula is C12H19N3O2S. The maximum absolute atomic E-state index is 11.6. The predicted octanol–water partition coefficient (Wildman–Crippen LogP) is 0.426. The summed E-state index contributed by atoms with van der Waals surface area (Å²) < 4.78 is 23.1. The van der Waals surface area contributed by atoms with Gasteiger partial charge in [0.25, 0.3) is 0 Å². The number of anilines is 1. The van der Waals surface area contributed by atoms with E-state index < -0.39 is 9.84 Å². The van der Waals surface area contributed by atoms with Crippen molar-refractivity contribution >= 4 is 15.7 Å². The third kappa shape index (κ3) is 3.43. The molecular weight excluding hydrogens is 250 g/mol. The van der Waals surface area contributed by atoms with Crippen molar-refractivity contribution in [3.63, 3.8) is 0 Å². The normalized spacial score (nSPS) is 19.5. The Balaban J connectivity index is 2.13. The van der Waals surface area contributed by atoms with E-state index in [1.165, 1.54) is 0 Å². The van der Waals surface area contributed by atoms with E-state index >= 15 is 0 Å². The summed E-state index contributed by atoms with van der Waals surface area (Å²) in [5.74, 6) is 1.39. The Labute approximate surface area is 108 Å². The summed E-state index contributed by atoms with van der Waals surface area (Å²) in [6, 6.07) is 5.88. The molecule has 0 saturated carbocycles. The molecule has 1 aliphatic rings. The molecule has 2 heterocycles. The minimum absolute atomic E-state index is 0.227. The Hall–Kier alpha value is -1.14. The fourth-order valence-corrected chi connectivity index (χ4v) is 3.36. The zero-order chi connectivity index (χ0) is 13.0. The molecule has 100 valence electrons. The van der Waals surface area contributed by atoms with Gasteiger partial charge in [-0.15, -0.1) is 0 Å². The number of sulfone groups is 1. The zero-order valence-corrected chi connectivity index (χ0v) is 11.4. The minimum atomic E-state index is -2.86.